The first-order valence-corrected chi connectivity index (χ1v) is 6.75. The van der Waals surface area contributed by atoms with Crippen molar-refractivity contribution < 1.29 is 14.3 Å². The highest BCUT2D eigenvalue weighted by molar-refractivity contribution is 6.29. The van der Waals surface area contributed by atoms with Gasteiger partial charge >= 0.3 is 5.97 Å². The largest absolute Gasteiger partial charge is 0.469 e. The molecule has 1 fully saturated rings. The van der Waals surface area contributed by atoms with Gasteiger partial charge in [-0.15, -0.1) is 0 Å². The number of esters is 1. The fraction of sp³-hybridized carbons (Fsp3) is 0.583. The summed E-state index contributed by atoms with van der Waals surface area (Å²) in [6.45, 7) is 3.22. The Bertz CT molecular complexity index is 466. The summed E-state index contributed by atoms with van der Waals surface area (Å²) in [5.74, 6) is 0.891. The molecule has 1 aliphatic rings. The molecular weight excluding hydrogens is 284 g/mol. The summed E-state index contributed by atoms with van der Waals surface area (Å²) in [6.07, 6.45) is 0.269. The number of hydrogen-bond donors (Lipinski definition) is 1. The average molecular weight is 301 g/mol. The van der Waals surface area contributed by atoms with E-state index in [1.54, 1.807) is 6.07 Å². The highest BCUT2D eigenvalue weighted by Gasteiger charge is 2.15. The molecule has 110 valence electrons. The van der Waals surface area contributed by atoms with Gasteiger partial charge in [0.2, 0.25) is 5.95 Å². The van der Waals surface area contributed by atoms with E-state index in [9.17, 15) is 4.79 Å². The molecule has 1 aromatic rings. The quantitative estimate of drug-likeness (QED) is 0.640. The number of aromatic nitrogens is 2. The van der Waals surface area contributed by atoms with Crippen molar-refractivity contribution in [2.75, 3.05) is 50.2 Å². The van der Waals surface area contributed by atoms with Gasteiger partial charge in [-0.3, -0.25) is 4.79 Å². The number of nitrogens with one attached hydrogen (secondary N) is 1. The molecule has 0 bridgehead atoms. The number of halogens is 1. The van der Waals surface area contributed by atoms with E-state index in [1.807, 2.05) is 4.90 Å². The lowest BCUT2D eigenvalue weighted by Gasteiger charge is -2.27. The van der Waals surface area contributed by atoms with Crippen LogP contribution in [-0.4, -0.2) is 55.9 Å². The van der Waals surface area contributed by atoms with Crippen LogP contribution in [0.25, 0.3) is 0 Å². The van der Waals surface area contributed by atoms with E-state index in [2.05, 4.69) is 20.0 Å². The van der Waals surface area contributed by atoms with Gasteiger partial charge in [0.15, 0.2) is 0 Å². The predicted octanol–water partition coefficient (Wildman–Crippen LogP) is 0.942. The van der Waals surface area contributed by atoms with Crippen LogP contribution in [0.1, 0.15) is 6.42 Å². The number of carbonyl (C=O) groups excluding carboxylic acids is 1. The molecule has 0 amide bonds. The van der Waals surface area contributed by atoms with Crippen molar-refractivity contribution in [2.45, 2.75) is 6.42 Å². The van der Waals surface area contributed by atoms with Crippen molar-refractivity contribution in [2.24, 2.45) is 0 Å². The van der Waals surface area contributed by atoms with Gasteiger partial charge in [0, 0.05) is 25.7 Å². The molecule has 0 aliphatic carbocycles. The van der Waals surface area contributed by atoms with Gasteiger partial charge in [-0.05, 0) is 0 Å². The number of carbonyl (C=O) groups is 1. The van der Waals surface area contributed by atoms with E-state index in [1.165, 1.54) is 7.11 Å². The zero-order valence-electron chi connectivity index (χ0n) is 11.3. The van der Waals surface area contributed by atoms with Crippen LogP contribution in [0.5, 0.6) is 0 Å². The van der Waals surface area contributed by atoms with E-state index in [0.717, 1.165) is 13.1 Å². The summed E-state index contributed by atoms with van der Waals surface area (Å²) >= 11 is 6.00. The van der Waals surface area contributed by atoms with Crippen molar-refractivity contribution in [1.82, 2.24) is 9.97 Å². The van der Waals surface area contributed by atoms with Crippen LogP contribution in [0, 0.1) is 0 Å². The second kappa shape index (κ2) is 7.25. The summed E-state index contributed by atoms with van der Waals surface area (Å²) in [4.78, 5) is 21.7. The predicted molar refractivity (Wildman–Crippen MR) is 75.2 cm³/mol. The van der Waals surface area contributed by atoms with Crippen LogP contribution in [-0.2, 0) is 14.3 Å². The number of morpholine rings is 1. The molecule has 0 saturated carbocycles. The van der Waals surface area contributed by atoms with Crippen molar-refractivity contribution >= 4 is 29.3 Å². The van der Waals surface area contributed by atoms with Crippen molar-refractivity contribution in [1.29, 1.82) is 0 Å². The van der Waals surface area contributed by atoms with Crippen LogP contribution in [0.15, 0.2) is 6.07 Å². The Labute approximate surface area is 122 Å². The highest BCUT2D eigenvalue weighted by Crippen LogP contribution is 2.18. The van der Waals surface area contributed by atoms with Crippen molar-refractivity contribution in [3.8, 4) is 0 Å². The van der Waals surface area contributed by atoms with E-state index in [0.29, 0.717) is 36.7 Å². The highest BCUT2D eigenvalue weighted by atomic mass is 35.5. The molecule has 1 N–H and O–H groups in total. The summed E-state index contributed by atoms with van der Waals surface area (Å²) in [5, 5.41) is 3.40. The molecule has 7 nitrogen and oxygen atoms in total. The molecule has 0 radical (unpaired) electrons. The summed E-state index contributed by atoms with van der Waals surface area (Å²) in [7, 11) is 1.36. The third-order valence-electron chi connectivity index (χ3n) is 2.84. The fourth-order valence-electron chi connectivity index (χ4n) is 1.80. The van der Waals surface area contributed by atoms with Gasteiger partial charge in [-0.2, -0.15) is 4.98 Å². The normalized spacial score (nSPS) is 15.0. The molecule has 0 spiro atoms. The molecule has 1 aromatic heterocycles. The maximum atomic E-state index is 11.0. The van der Waals surface area contributed by atoms with E-state index in [-0.39, 0.29) is 12.4 Å². The topological polar surface area (TPSA) is 76.6 Å². The Kier molecular flexibility index (Phi) is 5.37. The minimum absolute atomic E-state index is 0.269. The van der Waals surface area contributed by atoms with Crippen LogP contribution < -0.4 is 10.2 Å². The molecule has 20 heavy (non-hydrogen) atoms. The minimum atomic E-state index is -0.272. The lowest BCUT2D eigenvalue weighted by Crippen LogP contribution is -2.37. The summed E-state index contributed by atoms with van der Waals surface area (Å²) in [6, 6.07) is 1.63. The SMILES string of the molecule is COC(=O)CCNc1cc(Cl)nc(N2CCOCC2)n1. The molecule has 0 unspecified atom stereocenters. The minimum Gasteiger partial charge on any atom is -0.469 e. The van der Waals surface area contributed by atoms with Crippen LogP contribution in [0.2, 0.25) is 5.15 Å². The van der Waals surface area contributed by atoms with Crippen molar-refractivity contribution in [3.05, 3.63) is 11.2 Å². The third-order valence-corrected chi connectivity index (χ3v) is 3.03. The van der Waals surface area contributed by atoms with E-state index in [4.69, 9.17) is 16.3 Å². The standard InChI is InChI=1S/C12H17ClN4O3/c1-19-11(18)2-3-14-10-8-9(13)15-12(16-10)17-4-6-20-7-5-17/h8H,2-7H2,1H3,(H,14,15,16). The van der Waals surface area contributed by atoms with Crippen LogP contribution in [0.3, 0.4) is 0 Å². The zero-order chi connectivity index (χ0) is 14.4. The lowest BCUT2D eigenvalue weighted by molar-refractivity contribution is -0.140. The first-order chi connectivity index (χ1) is 9.69. The number of methoxy groups -OCH3 is 1. The zero-order valence-corrected chi connectivity index (χ0v) is 12.0. The maximum absolute atomic E-state index is 11.0. The van der Waals surface area contributed by atoms with E-state index >= 15 is 0 Å². The third kappa shape index (κ3) is 4.21. The molecule has 2 heterocycles. The molecule has 8 heteroatoms. The number of hydrogen-bond acceptors (Lipinski definition) is 7. The van der Waals surface area contributed by atoms with Gasteiger partial charge < -0.3 is 19.7 Å². The van der Waals surface area contributed by atoms with Gasteiger partial charge in [0.05, 0.1) is 26.7 Å². The first kappa shape index (κ1) is 14.8. The molecule has 0 atom stereocenters. The summed E-state index contributed by atoms with van der Waals surface area (Å²) in [5.41, 5.74) is 0. The number of anilines is 2. The van der Waals surface area contributed by atoms with Gasteiger partial charge in [0.1, 0.15) is 11.0 Å². The Hall–Kier alpha value is -1.60. The molecule has 0 aromatic carbocycles. The Balaban J connectivity index is 1.98. The smallest absolute Gasteiger partial charge is 0.307 e. The van der Waals surface area contributed by atoms with Crippen molar-refractivity contribution in [3.63, 3.8) is 0 Å². The molecule has 1 saturated heterocycles. The molecule has 1 aliphatic heterocycles. The Morgan fingerprint density at radius 1 is 1.50 bits per heavy atom. The molecular formula is C12H17ClN4O3. The van der Waals surface area contributed by atoms with Crippen LogP contribution >= 0.6 is 11.6 Å². The van der Waals surface area contributed by atoms with Crippen LogP contribution in [0.4, 0.5) is 11.8 Å². The number of nitrogens with zero attached hydrogens (tertiary/aromatic N) is 3. The summed E-state index contributed by atoms with van der Waals surface area (Å²) < 4.78 is 9.86. The monoisotopic (exact) mass is 300 g/mol. The second-order valence-electron chi connectivity index (χ2n) is 4.23. The Morgan fingerprint density at radius 2 is 2.25 bits per heavy atom. The Morgan fingerprint density at radius 3 is 2.95 bits per heavy atom. The van der Waals surface area contributed by atoms with Gasteiger partial charge in [-0.25, -0.2) is 4.98 Å². The average Bonchev–Trinajstić information content (AvgIpc) is 2.47. The number of rotatable bonds is 5. The number of ether oxygens (including phenoxy) is 2. The maximum Gasteiger partial charge on any atom is 0.307 e. The van der Waals surface area contributed by atoms with Gasteiger partial charge in [0.25, 0.3) is 0 Å². The molecule has 2 rings (SSSR count). The first-order valence-electron chi connectivity index (χ1n) is 6.37. The lowest BCUT2D eigenvalue weighted by atomic mass is 10.4. The second-order valence-corrected chi connectivity index (χ2v) is 4.62. The fourth-order valence-corrected chi connectivity index (χ4v) is 1.97. The van der Waals surface area contributed by atoms with Gasteiger partial charge in [-0.1, -0.05) is 11.6 Å². The van der Waals surface area contributed by atoms with E-state index < -0.39 is 0 Å².